The maximum absolute atomic E-state index is 11.6. The van der Waals surface area contributed by atoms with Gasteiger partial charge < -0.3 is 0 Å². The number of nitrogens with one attached hydrogen (secondary N) is 1. The van der Waals surface area contributed by atoms with Gasteiger partial charge in [0.25, 0.3) is 21.6 Å². The first-order valence-corrected chi connectivity index (χ1v) is 6.23. The first kappa shape index (κ1) is 11.5. The molecule has 1 heterocycles. The smallest absolute Gasteiger partial charge is 0.268 e. The third-order valence-corrected chi connectivity index (χ3v) is 3.86. The minimum absolute atomic E-state index is 0.0121. The van der Waals surface area contributed by atoms with Gasteiger partial charge in [0, 0.05) is 12.1 Å². The summed E-state index contributed by atoms with van der Waals surface area (Å²) in [6.45, 7) is 1.69. The molecule has 0 spiro atoms. The summed E-state index contributed by atoms with van der Waals surface area (Å²) >= 11 is 0. The Labute approximate surface area is 96.6 Å². The second-order valence-corrected chi connectivity index (χ2v) is 5.17. The maximum atomic E-state index is 11.6. The van der Waals surface area contributed by atoms with Gasteiger partial charge in [0.15, 0.2) is 0 Å². The van der Waals surface area contributed by atoms with Crippen LogP contribution in [-0.4, -0.2) is 19.2 Å². The van der Waals surface area contributed by atoms with Crippen molar-refractivity contribution in [2.24, 2.45) is 0 Å². The molecule has 0 bridgehead atoms. The van der Waals surface area contributed by atoms with Gasteiger partial charge in [0.05, 0.1) is 10.5 Å². The number of non-ortho nitro benzene ring substituents is 1. The van der Waals surface area contributed by atoms with Crippen LogP contribution in [0.1, 0.15) is 22.8 Å². The molecule has 8 heteroatoms. The number of carbonyl (C=O) groups is 1. The Balaban J connectivity index is 2.83. The second-order valence-electron chi connectivity index (χ2n) is 3.52. The van der Waals surface area contributed by atoms with Crippen LogP contribution < -0.4 is 4.72 Å². The Morgan fingerprint density at radius 1 is 1.41 bits per heavy atom. The average molecular weight is 256 g/mol. The van der Waals surface area contributed by atoms with Crippen LogP contribution in [0.3, 0.4) is 0 Å². The summed E-state index contributed by atoms with van der Waals surface area (Å²) in [5.41, 5.74) is 0.0338. The molecule has 0 fully saturated rings. The van der Waals surface area contributed by atoms with Gasteiger partial charge in [0.1, 0.15) is 4.90 Å². The van der Waals surface area contributed by atoms with Crippen LogP contribution >= 0.6 is 0 Å². The molecule has 0 aliphatic carbocycles. The normalized spacial score (nSPS) is 16.4. The quantitative estimate of drug-likeness (QED) is 0.615. The number of sulfonamides is 1. The van der Waals surface area contributed by atoms with E-state index < -0.39 is 20.9 Å². The van der Waals surface area contributed by atoms with E-state index in [1.807, 2.05) is 4.72 Å². The molecule has 2 rings (SSSR count). The van der Waals surface area contributed by atoms with Crippen LogP contribution in [-0.2, 0) is 16.4 Å². The van der Waals surface area contributed by atoms with Crippen molar-refractivity contribution in [2.45, 2.75) is 18.2 Å². The highest BCUT2D eigenvalue weighted by Crippen LogP contribution is 2.30. The molecule has 1 aliphatic heterocycles. The molecular formula is C9H8N2O5S. The monoisotopic (exact) mass is 256 g/mol. The van der Waals surface area contributed by atoms with Gasteiger partial charge in [0.2, 0.25) is 0 Å². The number of aryl methyl sites for hydroxylation is 1. The van der Waals surface area contributed by atoms with Gasteiger partial charge in [-0.1, -0.05) is 6.92 Å². The number of nitrogens with zero attached hydrogens (tertiary/aromatic N) is 1. The number of carbonyl (C=O) groups excluding carboxylic acids is 1. The lowest BCUT2D eigenvalue weighted by Gasteiger charge is -2.02. The average Bonchev–Trinajstić information content (AvgIpc) is 2.48. The number of amides is 1. The van der Waals surface area contributed by atoms with Crippen molar-refractivity contribution in [1.82, 2.24) is 4.72 Å². The molecule has 17 heavy (non-hydrogen) atoms. The molecule has 1 N–H and O–H groups in total. The summed E-state index contributed by atoms with van der Waals surface area (Å²) in [5.74, 6) is -0.730. The van der Waals surface area contributed by atoms with Crippen molar-refractivity contribution in [3.05, 3.63) is 33.4 Å². The molecule has 0 saturated carbocycles. The molecule has 1 amide bonds. The Bertz CT molecular complexity index is 635. The summed E-state index contributed by atoms with van der Waals surface area (Å²) in [4.78, 5) is 21.2. The van der Waals surface area contributed by atoms with Crippen LogP contribution in [0.5, 0.6) is 0 Å². The molecule has 0 saturated heterocycles. The first-order valence-electron chi connectivity index (χ1n) is 4.75. The van der Waals surface area contributed by atoms with Gasteiger partial charge in [-0.05, 0) is 12.0 Å². The number of hydrogen-bond donors (Lipinski definition) is 1. The van der Waals surface area contributed by atoms with E-state index in [0.29, 0.717) is 12.0 Å². The van der Waals surface area contributed by atoms with Crippen LogP contribution in [0, 0.1) is 10.1 Å². The SMILES string of the molecule is CCc1cc([N+](=O)[O-])cc2c1C(=O)NS2(=O)=O. The summed E-state index contributed by atoms with van der Waals surface area (Å²) in [7, 11) is -3.95. The van der Waals surface area contributed by atoms with E-state index in [1.165, 1.54) is 6.07 Å². The zero-order valence-electron chi connectivity index (χ0n) is 8.76. The van der Waals surface area contributed by atoms with E-state index in [4.69, 9.17) is 0 Å². The van der Waals surface area contributed by atoms with Gasteiger partial charge >= 0.3 is 0 Å². The molecule has 0 radical (unpaired) electrons. The minimum atomic E-state index is -3.95. The zero-order chi connectivity index (χ0) is 12.8. The Morgan fingerprint density at radius 3 is 2.59 bits per heavy atom. The van der Waals surface area contributed by atoms with E-state index >= 15 is 0 Å². The van der Waals surface area contributed by atoms with Crippen molar-refractivity contribution in [3.8, 4) is 0 Å². The zero-order valence-corrected chi connectivity index (χ0v) is 9.58. The second kappa shape index (κ2) is 3.52. The van der Waals surface area contributed by atoms with Crippen molar-refractivity contribution in [3.63, 3.8) is 0 Å². The highest BCUT2D eigenvalue weighted by molar-refractivity contribution is 7.90. The molecule has 90 valence electrons. The third kappa shape index (κ3) is 1.66. The predicted octanol–water partition coefficient (Wildman–Crippen LogP) is 0.589. The van der Waals surface area contributed by atoms with Gasteiger partial charge in [-0.2, -0.15) is 0 Å². The summed E-state index contributed by atoms with van der Waals surface area (Å²) in [5, 5.41) is 10.7. The molecule has 0 unspecified atom stereocenters. The highest BCUT2D eigenvalue weighted by atomic mass is 32.2. The summed E-state index contributed by atoms with van der Waals surface area (Å²) < 4.78 is 24.9. The third-order valence-electron chi connectivity index (χ3n) is 2.50. The highest BCUT2D eigenvalue weighted by Gasteiger charge is 2.36. The molecule has 1 aromatic carbocycles. The molecule has 1 aromatic rings. The Hall–Kier alpha value is -1.96. The summed E-state index contributed by atoms with van der Waals surface area (Å²) in [6.07, 6.45) is 0.340. The number of rotatable bonds is 2. The van der Waals surface area contributed by atoms with Crippen LogP contribution in [0.2, 0.25) is 0 Å². The number of fused-ring (bicyclic) bond motifs is 1. The van der Waals surface area contributed by atoms with Gasteiger partial charge in [-0.3, -0.25) is 14.9 Å². The number of hydrogen-bond acceptors (Lipinski definition) is 5. The van der Waals surface area contributed by atoms with Crippen LogP contribution in [0.25, 0.3) is 0 Å². The van der Waals surface area contributed by atoms with E-state index in [2.05, 4.69) is 0 Å². The van der Waals surface area contributed by atoms with Gasteiger partial charge in [-0.25, -0.2) is 13.1 Å². The van der Waals surface area contributed by atoms with Crippen LogP contribution in [0.4, 0.5) is 5.69 Å². The van der Waals surface area contributed by atoms with E-state index in [1.54, 1.807) is 6.92 Å². The van der Waals surface area contributed by atoms with Crippen LogP contribution in [0.15, 0.2) is 17.0 Å². The van der Waals surface area contributed by atoms with E-state index in [0.717, 1.165) is 6.07 Å². The first-order chi connectivity index (χ1) is 7.86. The maximum Gasteiger partial charge on any atom is 0.271 e. The lowest BCUT2D eigenvalue weighted by Crippen LogP contribution is -2.21. The number of nitro groups is 1. The van der Waals surface area contributed by atoms with Crippen molar-refractivity contribution >= 4 is 21.6 Å². The Morgan fingerprint density at radius 2 is 2.06 bits per heavy atom. The largest absolute Gasteiger partial charge is 0.271 e. The topological polar surface area (TPSA) is 106 Å². The lowest BCUT2D eigenvalue weighted by atomic mass is 10.0. The van der Waals surface area contributed by atoms with Crippen molar-refractivity contribution in [2.75, 3.05) is 0 Å². The van der Waals surface area contributed by atoms with Crippen molar-refractivity contribution < 1.29 is 18.1 Å². The molecule has 0 aromatic heterocycles. The lowest BCUT2D eigenvalue weighted by molar-refractivity contribution is -0.385. The fourth-order valence-corrected chi connectivity index (χ4v) is 2.96. The fraction of sp³-hybridized carbons (Fsp3) is 0.222. The minimum Gasteiger partial charge on any atom is -0.268 e. The molecule has 7 nitrogen and oxygen atoms in total. The fourth-order valence-electron chi connectivity index (χ4n) is 1.74. The molecule has 1 aliphatic rings. The van der Waals surface area contributed by atoms with E-state index in [-0.39, 0.29) is 16.1 Å². The molecule has 0 atom stereocenters. The van der Waals surface area contributed by atoms with E-state index in [9.17, 15) is 23.3 Å². The van der Waals surface area contributed by atoms with Gasteiger partial charge in [-0.15, -0.1) is 0 Å². The summed E-state index contributed by atoms with van der Waals surface area (Å²) in [6, 6.07) is 2.13. The van der Waals surface area contributed by atoms with Crippen molar-refractivity contribution in [1.29, 1.82) is 0 Å². The Kier molecular flexibility index (Phi) is 2.39. The predicted molar refractivity (Wildman–Crippen MR) is 57.1 cm³/mol. The molecular weight excluding hydrogens is 248 g/mol. The number of nitro benzene ring substituents is 1. The number of benzene rings is 1. The standard InChI is InChI=1S/C9H8N2O5S/c1-2-5-3-6(11(13)14)4-7-8(5)9(12)10-17(7,15)16/h3-4H,2H2,1H3,(H,10,12).